The highest BCUT2D eigenvalue weighted by Gasteiger charge is 2.34. The number of nitrogens with one attached hydrogen (secondary N) is 1. The highest BCUT2D eigenvalue weighted by Crippen LogP contribution is 2.27. The second-order valence-corrected chi connectivity index (χ2v) is 5.44. The number of hydrogen-bond donors (Lipinski definition) is 2. The van der Waals surface area contributed by atoms with E-state index in [1.165, 1.54) is 0 Å². The number of nitrogens with two attached hydrogens (primary N) is 1. The van der Waals surface area contributed by atoms with Crippen molar-refractivity contribution in [2.45, 2.75) is 18.9 Å². The number of carbonyl (C=O) groups is 2. The Balaban J connectivity index is 2.35. The molecule has 1 unspecified atom stereocenters. The van der Waals surface area contributed by atoms with E-state index in [2.05, 4.69) is 5.32 Å². The van der Waals surface area contributed by atoms with Crippen molar-refractivity contribution in [2.24, 2.45) is 0 Å². The zero-order chi connectivity index (χ0) is 15.6. The third-order valence-electron chi connectivity index (χ3n) is 3.80. The van der Waals surface area contributed by atoms with Crippen LogP contribution in [0.15, 0.2) is 18.2 Å². The SMILES string of the molecule is CNC(=O)C1CCCN1C(=O)c1cc(N)ccc1N(C)C. The first-order chi connectivity index (χ1) is 9.95. The van der Waals surface area contributed by atoms with Crippen molar-refractivity contribution >= 4 is 23.2 Å². The normalized spacial score (nSPS) is 17.7. The predicted octanol–water partition coefficient (Wildman–Crippen LogP) is 0.685. The van der Waals surface area contributed by atoms with E-state index in [9.17, 15) is 9.59 Å². The van der Waals surface area contributed by atoms with Crippen molar-refractivity contribution in [2.75, 3.05) is 38.3 Å². The maximum atomic E-state index is 12.8. The van der Waals surface area contributed by atoms with Crippen molar-refractivity contribution in [3.05, 3.63) is 23.8 Å². The van der Waals surface area contributed by atoms with E-state index in [1.807, 2.05) is 25.1 Å². The zero-order valence-electron chi connectivity index (χ0n) is 12.7. The molecule has 2 amide bonds. The molecule has 6 nitrogen and oxygen atoms in total. The number of rotatable bonds is 3. The van der Waals surface area contributed by atoms with Crippen molar-refractivity contribution < 1.29 is 9.59 Å². The summed E-state index contributed by atoms with van der Waals surface area (Å²) in [5, 5.41) is 2.62. The molecule has 0 aliphatic carbocycles. The molecule has 0 saturated carbocycles. The molecule has 2 rings (SSSR count). The Labute approximate surface area is 124 Å². The van der Waals surface area contributed by atoms with Crippen LogP contribution in [-0.4, -0.2) is 50.4 Å². The molecule has 21 heavy (non-hydrogen) atoms. The summed E-state index contributed by atoms with van der Waals surface area (Å²) in [6.45, 7) is 0.596. The first-order valence-corrected chi connectivity index (χ1v) is 7.05. The summed E-state index contributed by atoms with van der Waals surface area (Å²) in [4.78, 5) is 28.2. The molecule has 1 aromatic carbocycles. The minimum absolute atomic E-state index is 0.115. The smallest absolute Gasteiger partial charge is 0.256 e. The van der Waals surface area contributed by atoms with Crippen LogP contribution >= 0.6 is 0 Å². The summed E-state index contributed by atoms with van der Waals surface area (Å²) in [7, 11) is 5.35. The Morgan fingerprint density at radius 3 is 2.71 bits per heavy atom. The number of nitrogens with zero attached hydrogens (tertiary/aromatic N) is 2. The maximum Gasteiger partial charge on any atom is 0.256 e. The lowest BCUT2D eigenvalue weighted by atomic mass is 10.1. The van der Waals surface area contributed by atoms with E-state index in [4.69, 9.17) is 5.73 Å². The molecule has 114 valence electrons. The summed E-state index contributed by atoms with van der Waals surface area (Å²) in [5.41, 5.74) is 7.70. The third kappa shape index (κ3) is 2.94. The Morgan fingerprint density at radius 2 is 2.10 bits per heavy atom. The second kappa shape index (κ2) is 6.03. The molecule has 6 heteroatoms. The van der Waals surface area contributed by atoms with Gasteiger partial charge in [0.15, 0.2) is 0 Å². The molecule has 1 saturated heterocycles. The van der Waals surface area contributed by atoms with E-state index < -0.39 is 0 Å². The second-order valence-electron chi connectivity index (χ2n) is 5.44. The molecule has 1 heterocycles. The van der Waals surface area contributed by atoms with Crippen LogP contribution in [0.3, 0.4) is 0 Å². The zero-order valence-corrected chi connectivity index (χ0v) is 12.7. The van der Waals surface area contributed by atoms with Gasteiger partial charge in [-0.15, -0.1) is 0 Å². The van der Waals surface area contributed by atoms with Gasteiger partial charge in [0.2, 0.25) is 5.91 Å². The number of likely N-dealkylation sites (tertiary alicyclic amines) is 1. The summed E-state index contributed by atoms with van der Waals surface area (Å²) in [6.07, 6.45) is 1.54. The lowest BCUT2D eigenvalue weighted by Gasteiger charge is -2.26. The molecule has 0 aromatic heterocycles. The molecule has 1 aliphatic rings. The van der Waals surface area contributed by atoms with Crippen LogP contribution in [0.25, 0.3) is 0 Å². The van der Waals surface area contributed by atoms with Crippen molar-refractivity contribution in [3.8, 4) is 0 Å². The number of anilines is 2. The fraction of sp³-hybridized carbons (Fsp3) is 0.467. The summed E-state index contributed by atoms with van der Waals surface area (Å²) in [5.74, 6) is -0.256. The van der Waals surface area contributed by atoms with Gasteiger partial charge in [-0.1, -0.05) is 0 Å². The monoisotopic (exact) mass is 290 g/mol. The fourth-order valence-corrected chi connectivity index (χ4v) is 2.72. The summed E-state index contributed by atoms with van der Waals surface area (Å²) in [6, 6.07) is 4.88. The average molecular weight is 290 g/mol. The van der Waals surface area contributed by atoms with Gasteiger partial charge in [0.25, 0.3) is 5.91 Å². The van der Waals surface area contributed by atoms with Gasteiger partial charge < -0.3 is 20.9 Å². The Kier molecular flexibility index (Phi) is 4.35. The van der Waals surface area contributed by atoms with Gasteiger partial charge in [-0.05, 0) is 31.0 Å². The van der Waals surface area contributed by atoms with Gasteiger partial charge in [-0.25, -0.2) is 0 Å². The molecule has 0 spiro atoms. The number of hydrogen-bond acceptors (Lipinski definition) is 4. The molecular weight excluding hydrogens is 268 g/mol. The van der Waals surface area contributed by atoms with E-state index in [0.717, 1.165) is 12.1 Å². The summed E-state index contributed by atoms with van der Waals surface area (Å²) >= 11 is 0. The maximum absolute atomic E-state index is 12.8. The molecule has 0 radical (unpaired) electrons. The van der Waals surface area contributed by atoms with Crippen molar-refractivity contribution in [1.29, 1.82) is 0 Å². The van der Waals surface area contributed by atoms with Gasteiger partial charge in [-0.2, -0.15) is 0 Å². The lowest BCUT2D eigenvalue weighted by Crippen LogP contribution is -2.45. The Morgan fingerprint density at radius 1 is 1.38 bits per heavy atom. The molecular formula is C15H22N4O2. The number of benzene rings is 1. The highest BCUT2D eigenvalue weighted by molar-refractivity contribution is 6.03. The van der Waals surface area contributed by atoms with Gasteiger partial charge >= 0.3 is 0 Å². The molecule has 1 atom stereocenters. The molecule has 1 aliphatic heterocycles. The van der Waals surface area contributed by atoms with E-state index in [-0.39, 0.29) is 17.9 Å². The number of carbonyl (C=O) groups excluding carboxylic acids is 2. The van der Waals surface area contributed by atoms with Gasteiger partial charge in [0.1, 0.15) is 6.04 Å². The number of nitrogen functional groups attached to an aromatic ring is 1. The minimum Gasteiger partial charge on any atom is -0.399 e. The topological polar surface area (TPSA) is 78.7 Å². The first-order valence-electron chi connectivity index (χ1n) is 7.05. The van der Waals surface area contributed by atoms with Gasteiger partial charge in [-0.3, -0.25) is 9.59 Å². The molecule has 3 N–H and O–H groups in total. The van der Waals surface area contributed by atoms with Crippen LogP contribution in [0, 0.1) is 0 Å². The van der Waals surface area contributed by atoms with E-state index >= 15 is 0 Å². The van der Waals surface area contributed by atoms with Crippen molar-refractivity contribution in [1.82, 2.24) is 10.2 Å². The van der Waals surface area contributed by atoms with E-state index in [0.29, 0.717) is 24.2 Å². The fourth-order valence-electron chi connectivity index (χ4n) is 2.72. The number of likely N-dealkylation sites (N-methyl/N-ethyl adjacent to an activating group) is 1. The Hall–Kier alpha value is -2.24. The van der Waals surface area contributed by atoms with Crippen LogP contribution in [0.2, 0.25) is 0 Å². The lowest BCUT2D eigenvalue weighted by molar-refractivity contribution is -0.124. The Bertz CT molecular complexity index is 557. The molecule has 1 fully saturated rings. The standard InChI is InChI=1S/C15H22N4O2/c1-17-14(20)13-5-4-8-19(13)15(21)11-9-10(16)6-7-12(11)18(2)3/h6-7,9,13H,4-5,8,16H2,1-3H3,(H,17,20). The van der Waals surface area contributed by atoms with Crippen LogP contribution in [0.4, 0.5) is 11.4 Å². The van der Waals surface area contributed by atoms with Crippen molar-refractivity contribution in [3.63, 3.8) is 0 Å². The molecule has 1 aromatic rings. The average Bonchev–Trinajstić information content (AvgIpc) is 2.94. The van der Waals surface area contributed by atoms with E-state index in [1.54, 1.807) is 24.1 Å². The van der Waals surface area contributed by atoms with Crippen LogP contribution in [-0.2, 0) is 4.79 Å². The largest absolute Gasteiger partial charge is 0.399 e. The minimum atomic E-state index is -0.390. The van der Waals surface area contributed by atoms with Gasteiger partial charge in [0, 0.05) is 39.1 Å². The molecule has 0 bridgehead atoms. The quantitative estimate of drug-likeness (QED) is 0.803. The van der Waals surface area contributed by atoms with Gasteiger partial charge in [0.05, 0.1) is 5.56 Å². The number of amides is 2. The highest BCUT2D eigenvalue weighted by atomic mass is 16.2. The summed E-state index contributed by atoms with van der Waals surface area (Å²) < 4.78 is 0. The van der Waals surface area contributed by atoms with Crippen LogP contribution < -0.4 is 16.0 Å². The predicted molar refractivity (Wildman–Crippen MR) is 83.3 cm³/mol. The van der Waals surface area contributed by atoms with Crippen LogP contribution in [0.1, 0.15) is 23.2 Å². The van der Waals surface area contributed by atoms with Crippen LogP contribution in [0.5, 0.6) is 0 Å². The third-order valence-corrected chi connectivity index (χ3v) is 3.80. The first kappa shape index (κ1) is 15.2.